The number of ether oxygens (including phenoxy) is 1. The predicted octanol–water partition coefficient (Wildman–Crippen LogP) is 2.09. The van der Waals surface area contributed by atoms with Crippen LogP contribution < -0.4 is 5.32 Å². The van der Waals surface area contributed by atoms with Crippen molar-refractivity contribution < 1.29 is 4.74 Å². The molecule has 0 aromatic carbocycles. The second-order valence-corrected chi connectivity index (χ2v) is 4.78. The van der Waals surface area contributed by atoms with Crippen molar-refractivity contribution in [2.75, 3.05) is 13.2 Å². The molecule has 1 heterocycles. The van der Waals surface area contributed by atoms with Crippen molar-refractivity contribution in [3.63, 3.8) is 0 Å². The average Bonchev–Trinajstić information content (AvgIpc) is 2.13. The maximum absolute atomic E-state index is 5.68. The smallest absolute Gasteiger partial charge is 0.0699 e. The van der Waals surface area contributed by atoms with E-state index in [1.165, 1.54) is 38.5 Å². The SMILES string of the molecule is CC1(NCC2CCCCO2)CCC1. The summed E-state index contributed by atoms with van der Waals surface area (Å²) >= 11 is 0. The van der Waals surface area contributed by atoms with Crippen LogP contribution in [0.2, 0.25) is 0 Å². The highest BCUT2D eigenvalue weighted by molar-refractivity contribution is 4.92. The molecule has 0 spiro atoms. The molecule has 1 saturated heterocycles. The fourth-order valence-corrected chi connectivity index (χ4v) is 2.21. The molecule has 13 heavy (non-hydrogen) atoms. The Morgan fingerprint density at radius 1 is 1.31 bits per heavy atom. The van der Waals surface area contributed by atoms with Gasteiger partial charge in [-0.1, -0.05) is 0 Å². The zero-order chi connectivity index (χ0) is 9.15. The molecule has 1 saturated carbocycles. The maximum Gasteiger partial charge on any atom is 0.0699 e. The Morgan fingerprint density at radius 2 is 2.15 bits per heavy atom. The summed E-state index contributed by atoms with van der Waals surface area (Å²) in [6, 6.07) is 0. The molecule has 1 unspecified atom stereocenters. The van der Waals surface area contributed by atoms with Gasteiger partial charge in [-0.3, -0.25) is 0 Å². The minimum Gasteiger partial charge on any atom is -0.377 e. The minimum atomic E-state index is 0.445. The largest absolute Gasteiger partial charge is 0.377 e. The van der Waals surface area contributed by atoms with E-state index in [2.05, 4.69) is 12.2 Å². The Kier molecular flexibility index (Phi) is 2.89. The van der Waals surface area contributed by atoms with Gasteiger partial charge in [0.15, 0.2) is 0 Å². The van der Waals surface area contributed by atoms with Gasteiger partial charge in [-0.2, -0.15) is 0 Å². The number of rotatable bonds is 3. The third-order valence-electron chi connectivity index (χ3n) is 3.49. The van der Waals surface area contributed by atoms with E-state index >= 15 is 0 Å². The fraction of sp³-hybridized carbons (Fsp3) is 1.00. The van der Waals surface area contributed by atoms with Gasteiger partial charge in [-0.05, 0) is 45.4 Å². The van der Waals surface area contributed by atoms with Gasteiger partial charge in [0.05, 0.1) is 6.10 Å². The van der Waals surface area contributed by atoms with E-state index in [-0.39, 0.29) is 0 Å². The van der Waals surface area contributed by atoms with Crippen LogP contribution in [0.3, 0.4) is 0 Å². The lowest BCUT2D eigenvalue weighted by atomic mass is 9.78. The summed E-state index contributed by atoms with van der Waals surface area (Å²) in [4.78, 5) is 0. The first kappa shape index (κ1) is 9.47. The molecule has 0 radical (unpaired) electrons. The van der Waals surface area contributed by atoms with Crippen LogP contribution in [0, 0.1) is 0 Å². The summed E-state index contributed by atoms with van der Waals surface area (Å²) in [6.07, 6.45) is 8.44. The molecule has 76 valence electrons. The van der Waals surface area contributed by atoms with Crippen LogP contribution in [0.4, 0.5) is 0 Å². The van der Waals surface area contributed by atoms with Gasteiger partial charge < -0.3 is 10.1 Å². The van der Waals surface area contributed by atoms with Gasteiger partial charge in [-0.15, -0.1) is 0 Å². The molecular weight excluding hydrogens is 162 g/mol. The van der Waals surface area contributed by atoms with Crippen LogP contribution in [-0.4, -0.2) is 24.8 Å². The summed E-state index contributed by atoms with van der Waals surface area (Å²) in [5.41, 5.74) is 0.445. The molecule has 0 aromatic heterocycles. The second kappa shape index (κ2) is 3.97. The van der Waals surface area contributed by atoms with Gasteiger partial charge in [0, 0.05) is 18.7 Å². The first-order valence-corrected chi connectivity index (χ1v) is 5.65. The molecule has 0 aromatic rings. The van der Waals surface area contributed by atoms with Crippen LogP contribution >= 0.6 is 0 Å². The molecule has 0 bridgehead atoms. The summed E-state index contributed by atoms with van der Waals surface area (Å²) in [6.45, 7) is 4.37. The van der Waals surface area contributed by atoms with E-state index in [0.717, 1.165) is 13.2 Å². The predicted molar refractivity (Wildman–Crippen MR) is 53.8 cm³/mol. The molecule has 2 rings (SSSR count). The maximum atomic E-state index is 5.68. The van der Waals surface area contributed by atoms with Crippen LogP contribution in [0.1, 0.15) is 45.4 Å². The fourth-order valence-electron chi connectivity index (χ4n) is 2.21. The standard InChI is InChI=1S/C11H21NO/c1-11(6-4-7-11)12-9-10-5-2-3-8-13-10/h10,12H,2-9H2,1H3. The Morgan fingerprint density at radius 3 is 2.69 bits per heavy atom. The quantitative estimate of drug-likeness (QED) is 0.723. The van der Waals surface area contributed by atoms with Gasteiger partial charge in [-0.25, -0.2) is 0 Å². The molecule has 2 nitrogen and oxygen atoms in total. The van der Waals surface area contributed by atoms with Crippen molar-refractivity contribution in [3.05, 3.63) is 0 Å². The third kappa shape index (κ3) is 2.44. The molecule has 1 aliphatic heterocycles. The number of hydrogen-bond donors (Lipinski definition) is 1. The van der Waals surface area contributed by atoms with E-state index in [1.807, 2.05) is 0 Å². The van der Waals surface area contributed by atoms with Crippen LogP contribution in [-0.2, 0) is 4.74 Å². The van der Waals surface area contributed by atoms with Crippen LogP contribution in [0.5, 0.6) is 0 Å². The Hall–Kier alpha value is -0.0800. The molecular formula is C11H21NO. The zero-order valence-corrected chi connectivity index (χ0v) is 8.64. The van der Waals surface area contributed by atoms with E-state index in [0.29, 0.717) is 11.6 Å². The monoisotopic (exact) mass is 183 g/mol. The summed E-state index contributed by atoms with van der Waals surface area (Å²) in [5.74, 6) is 0. The van der Waals surface area contributed by atoms with E-state index in [4.69, 9.17) is 4.74 Å². The van der Waals surface area contributed by atoms with Gasteiger partial charge in [0.1, 0.15) is 0 Å². The average molecular weight is 183 g/mol. The van der Waals surface area contributed by atoms with Gasteiger partial charge in [0.2, 0.25) is 0 Å². The lowest BCUT2D eigenvalue weighted by molar-refractivity contribution is 0.00861. The van der Waals surface area contributed by atoms with Crippen molar-refractivity contribution in [2.24, 2.45) is 0 Å². The molecule has 2 heteroatoms. The van der Waals surface area contributed by atoms with Crippen molar-refractivity contribution in [3.8, 4) is 0 Å². The molecule has 2 fully saturated rings. The van der Waals surface area contributed by atoms with Gasteiger partial charge >= 0.3 is 0 Å². The Balaban J connectivity index is 1.66. The lowest BCUT2D eigenvalue weighted by Crippen LogP contribution is -2.51. The highest BCUT2D eigenvalue weighted by Gasteiger charge is 2.31. The Bertz CT molecular complexity index is 159. The summed E-state index contributed by atoms with van der Waals surface area (Å²) in [7, 11) is 0. The first-order valence-electron chi connectivity index (χ1n) is 5.65. The van der Waals surface area contributed by atoms with Crippen LogP contribution in [0.15, 0.2) is 0 Å². The number of nitrogens with one attached hydrogen (secondary N) is 1. The van der Waals surface area contributed by atoms with E-state index < -0.39 is 0 Å². The third-order valence-corrected chi connectivity index (χ3v) is 3.49. The van der Waals surface area contributed by atoms with Crippen molar-refractivity contribution >= 4 is 0 Å². The molecule has 0 amide bonds. The van der Waals surface area contributed by atoms with E-state index in [1.54, 1.807) is 0 Å². The summed E-state index contributed by atoms with van der Waals surface area (Å²) in [5, 5.41) is 3.64. The second-order valence-electron chi connectivity index (χ2n) is 4.78. The topological polar surface area (TPSA) is 21.3 Å². The highest BCUT2D eigenvalue weighted by Crippen LogP contribution is 2.31. The van der Waals surface area contributed by atoms with Crippen molar-refractivity contribution in [1.29, 1.82) is 0 Å². The Labute approximate surface area is 81.0 Å². The molecule has 2 aliphatic rings. The van der Waals surface area contributed by atoms with Gasteiger partial charge in [0.25, 0.3) is 0 Å². The van der Waals surface area contributed by atoms with Crippen LogP contribution in [0.25, 0.3) is 0 Å². The number of hydrogen-bond acceptors (Lipinski definition) is 2. The van der Waals surface area contributed by atoms with Crippen molar-refractivity contribution in [1.82, 2.24) is 5.32 Å². The normalized spacial score (nSPS) is 32.5. The lowest BCUT2D eigenvalue weighted by Gasteiger charge is -2.40. The molecule has 1 aliphatic carbocycles. The minimum absolute atomic E-state index is 0.445. The first-order chi connectivity index (χ1) is 6.29. The highest BCUT2D eigenvalue weighted by atomic mass is 16.5. The van der Waals surface area contributed by atoms with E-state index in [9.17, 15) is 0 Å². The molecule has 1 N–H and O–H groups in total. The molecule has 1 atom stereocenters. The van der Waals surface area contributed by atoms with Crippen molar-refractivity contribution in [2.45, 2.75) is 57.1 Å². The zero-order valence-electron chi connectivity index (χ0n) is 8.64. The summed E-state index contributed by atoms with van der Waals surface area (Å²) < 4.78 is 5.68.